The lowest BCUT2D eigenvalue weighted by Crippen LogP contribution is -2.61. The SMILES string of the molecule is C[C@@H](O)[C@H]1C(=O)N2C(C(=O)OCOC(=O)C(C)(C)C)=C(c3ccc(OCCC(N)=O)cc3)C[C@H]12. The van der Waals surface area contributed by atoms with Gasteiger partial charge in [-0.05, 0) is 57.4 Å². The molecule has 1 fully saturated rings. The molecule has 1 aromatic carbocycles. The molecule has 0 radical (unpaired) electrons. The summed E-state index contributed by atoms with van der Waals surface area (Å²) in [6.07, 6.45) is -0.420. The van der Waals surface area contributed by atoms with Crippen LogP contribution in [-0.2, 0) is 28.7 Å². The van der Waals surface area contributed by atoms with Crippen LogP contribution in [-0.4, -0.2) is 59.3 Å². The van der Waals surface area contributed by atoms with Crippen LogP contribution in [0.4, 0.5) is 0 Å². The van der Waals surface area contributed by atoms with Crippen LogP contribution >= 0.6 is 0 Å². The van der Waals surface area contributed by atoms with Crippen molar-refractivity contribution in [1.29, 1.82) is 0 Å². The average molecular weight is 475 g/mol. The minimum atomic E-state index is -0.862. The van der Waals surface area contributed by atoms with Crippen LogP contribution in [0.15, 0.2) is 30.0 Å². The molecule has 10 heteroatoms. The van der Waals surface area contributed by atoms with Crippen LogP contribution in [0.5, 0.6) is 5.75 Å². The van der Waals surface area contributed by atoms with E-state index in [9.17, 15) is 24.3 Å². The van der Waals surface area contributed by atoms with E-state index in [1.54, 1.807) is 52.0 Å². The normalized spacial score (nSPS) is 20.4. The summed E-state index contributed by atoms with van der Waals surface area (Å²) in [5, 5.41) is 10.0. The minimum Gasteiger partial charge on any atom is -0.493 e. The van der Waals surface area contributed by atoms with E-state index in [0.717, 1.165) is 0 Å². The first-order valence-corrected chi connectivity index (χ1v) is 11.0. The first kappa shape index (κ1) is 25.2. The van der Waals surface area contributed by atoms with Crippen LogP contribution in [0.1, 0.15) is 46.1 Å². The number of carbonyl (C=O) groups excluding carboxylic acids is 4. The zero-order valence-electron chi connectivity index (χ0n) is 19.7. The van der Waals surface area contributed by atoms with E-state index < -0.39 is 42.1 Å². The highest BCUT2D eigenvalue weighted by molar-refractivity contribution is 6.06. The Balaban J connectivity index is 1.80. The number of benzene rings is 1. The van der Waals surface area contributed by atoms with E-state index in [2.05, 4.69) is 0 Å². The number of aliphatic hydroxyl groups excluding tert-OH is 1. The summed E-state index contributed by atoms with van der Waals surface area (Å²) in [5.74, 6) is -2.25. The molecule has 184 valence electrons. The van der Waals surface area contributed by atoms with Gasteiger partial charge in [-0.15, -0.1) is 0 Å². The van der Waals surface area contributed by atoms with Crippen molar-refractivity contribution < 1.29 is 38.5 Å². The van der Waals surface area contributed by atoms with Crippen LogP contribution in [0.25, 0.3) is 5.57 Å². The van der Waals surface area contributed by atoms with Crippen molar-refractivity contribution in [2.45, 2.75) is 52.7 Å². The van der Waals surface area contributed by atoms with Crippen molar-refractivity contribution >= 4 is 29.3 Å². The van der Waals surface area contributed by atoms with Crippen molar-refractivity contribution in [1.82, 2.24) is 4.90 Å². The van der Waals surface area contributed by atoms with Gasteiger partial charge < -0.3 is 30.0 Å². The van der Waals surface area contributed by atoms with Crippen LogP contribution in [0.3, 0.4) is 0 Å². The molecule has 0 aliphatic carbocycles. The maximum absolute atomic E-state index is 12.9. The second-order valence-electron chi connectivity index (χ2n) is 9.39. The number of ether oxygens (including phenoxy) is 3. The third-order valence-electron chi connectivity index (χ3n) is 5.73. The van der Waals surface area contributed by atoms with Crippen molar-refractivity contribution in [3.8, 4) is 5.75 Å². The Labute approximate surface area is 197 Å². The van der Waals surface area contributed by atoms with E-state index in [1.807, 2.05) is 0 Å². The number of aliphatic hydroxyl groups is 1. The van der Waals surface area contributed by atoms with E-state index in [4.69, 9.17) is 19.9 Å². The molecule has 0 bridgehead atoms. The predicted molar refractivity (Wildman–Crippen MR) is 120 cm³/mol. The number of fused-ring (bicyclic) bond motifs is 1. The third kappa shape index (κ3) is 5.22. The lowest BCUT2D eigenvalue weighted by atomic mass is 9.82. The number of amides is 2. The summed E-state index contributed by atoms with van der Waals surface area (Å²) in [5.41, 5.74) is 5.68. The number of primary amides is 1. The molecule has 2 heterocycles. The Morgan fingerprint density at radius 3 is 2.38 bits per heavy atom. The van der Waals surface area contributed by atoms with Crippen molar-refractivity contribution in [2.75, 3.05) is 13.4 Å². The fourth-order valence-electron chi connectivity index (χ4n) is 3.96. The van der Waals surface area contributed by atoms with Gasteiger partial charge in [0.25, 0.3) is 0 Å². The van der Waals surface area contributed by atoms with Gasteiger partial charge in [-0.2, -0.15) is 0 Å². The summed E-state index contributed by atoms with van der Waals surface area (Å²) in [6.45, 7) is 6.13. The maximum Gasteiger partial charge on any atom is 0.358 e. The second kappa shape index (κ2) is 9.84. The van der Waals surface area contributed by atoms with Gasteiger partial charge in [-0.25, -0.2) is 4.79 Å². The molecule has 2 aliphatic rings. The van der Waals surface area contributed by atoms with Gasteiger partial charge in [0, 0.05) is 0 Å². The molecule has 0 aromatic heterocycles. The number of carbonyl (C=O) groups is 4. The summed E-state index contributed by atoms with van der Waals surface area (Å²) >= 11 is 0. The molecule has 1 saturated heterocycles. The van der Waals surface area contributed by atoms with Gasteiger partial charge in [0.05, 0.1) is 36.5 Å². The standard InChI is InChI=1S/C24H30N2O8/c1-13(27)19-17-11-16(14-5-7-15(8-6-14)32-10-9-18(25)28)20(26(17)21(19)29)22(30)33-12-34-23(31)24(2,3)4/h5-8,13,17,19,27H,9-12H2,1-4H3,(H2,25,28)/t13-,17-,19-/m1/s1. The zero-order valence-corrected chi connectivity index (χ0v) is 19.7. The second-order valence-corrected chi connectivity index (χ2v) is 9.39. The largest absolute Gasteiger partial charge is 0.493 e. The Bertz CT molecular complexity index is 1010. The monoisotopic (exact) mass is 474 g/mol. The summed E-state index contributed by atoms with van der Waals surface area (Å²) in [7, 11) is 0. The highest BCUT2D eigenvalue weighted by Crippen LogP contribution is 2.47. The highest BCUT2D eigenvalue weighted by Gasteiger charge is 2.57. The molecule has 3 atom stereocenters. The van der Waals surface area contributed by atoms with Crippen molar-refractivity contribution in [3.63, 3.8) is 0 Å². The van der Waals surface area contributed by atoms with Gasteiger partial charge in [0.1, 0.15) is 11.4 Å². The fourth-order valence-corrected chi connectivity index (χ4v) is 3.96. The molecule has 3 N–H and O–H groups in total. The molecule has 10 nitrogen and oxygen atoms in total. The first-order valence-electron chi connectivity index (χ1n) is 11.0. The smallest absolute Gasteiger partial charge is 0.358 e. The van der Waals surface area contributed by atoms with Crippen molar-refractivity contribution in [2.24, 2.45) is 17.1 Å². The molecule has 34 heavy (non-hydrogen) atoms. The summed E-state index contributed by atoms with van der Waals surface area (Å²) in [4.78, 5) is 49.8. The lowest BCUT2D eigenvalue weighted by molar-refractivity contribution is -0.175. The maximum atomic E-state index is 12.9. The molecule has 3 rings (SSSR count). The molecule has 0 saturated carbocycles. The van der Waals surface area contributed by atoms with E-state index in [1.165, 1.54) is 4.90 Å². The molecule has 0 spiro atoms. The van der Waals surface area contributed by atoms with Gasteiger partial charge in [-0.1, -0.05) is 12.1 Å². The Hall–Kier alpha value is -3.40. The summed E-state index contributed by atoms with van der Waals surface area (Å²) < 4.78 is 15.7. The highest BCUT2D eigenvalue weighted by atomic mass is 16.7. The number of hydrogen-bond donors (Lipinski definition) is 2. The lowest BCUT2D eigenvalue weighted by Gasteiger charge is -2.44. The van der Waals surface area contributed by atoms with E-state index in [0.29, 0.717) is 23.3 Å². The quantitative estimate of drug-likeness (QED) is 0.310. The summed E-state index contributed by atoms with van der Waals surface area (Å²) in [6, 6.07) is 6.46. The van der Waals surface area contributed by atoms with Gasteiger partial charge >= 0.3 is 11.9 Å². The topological polar surface area (TPSA) is 145 Å². The third-order valence-corrected chi connectivity index (χ3v) is 5.73. The number of esters is 2. The average Bonchev–Trinajstić information content (AvgIpc) is 3.08. The van der Waals surface area contributed by atoms with E-state index in [-0.39, 0.29) is 30.7 Å². The van der Waals surface area contributed by atoms with Crippen molar-refractivity contribution in [3.05, 3.63) is 35.5 Å². The number of hydrogen-bond acceptors (Lipinski definition) is 8. The Morgan fingerprint density at radius 1 is 1.18 bits per heavy atom. The minimum absolute atomic E-state index is 0.0705. The molecule has 2 aliphatic heterocycles. The van der Waals surface area contributed by atoms with Crippen LogP contribution in [0, 0.1) is 11.3 Å². The predicted octanol–water partition coefficient (Wildman–Crippen LogP) is 1.35. The molecular formula is C24H30N2O8. The van der Waals surface area contributed by atoms with Gasteiger partial charge in [0.2, 0.25) is 18.6 Å². The first-order chi connectivity index (χ1) is 15.9. The Morgan fingerprint density at radius 2 is 1.82 bits per heavy atom. The van der Waals surface area contributed by atoms with Gasteiger partial charge in [-0.3, -0.25) is 14.4 Å². The molecule has 1 aromatic rings. The number of nitrogens with two attached hydrogens (primary N) is 1. The molecule has 2 amide bonds. The van der Waals surface area contributed by atoms with E-state index >= 15 is 0 Å². The fraction of sp³-hybridized carbons (Fsp3) is 0.500. The number of nitrogens with zero attached hydrogens (tertiary/aromatic N) is 1. The zero-order chi connectivity index (χ0) is 25.2. The molecular weight excluding hydrogens is 444 g/mol. The molecule has 0 unspecified atom stereocenters. The number of β-lactam (4-membered cyclic amide) rings is 1. The Kier molecular flexibility index (Phi) is 7.30. The number of rotatable bonds is 9. The van der Waals surface area contributed by atoms with Crippen LogP contribution in [0.2, 0.25) is 0 Å². The van der Waals surface area contributed by atoms with Crippen LogP contribution < -0.4 is 10.5 Å². The van der Waals surface area contributed by atoms with Gasteiger partial charge in [0.15, 0.2) is 0 Å².